The molecule has 0 N–H and O–H groups in total. The van der Waals surface area contributed by atoms with Gasteiger partial charge in [-0.25, -0.2) is 0 Å². The van der Waals surface area contributed by atoms with E-state index in [9.17, 15) is 0 Å². The summed E-state index contributed by atoms with van der Waals surface area (Å²) in [5.74, 6) is 0.971. The Labute approximate surface area is 88.4 Å². The third-order valence-electron chi connectivity index (χ3n) is 2.93. The summed E-state index contributed by atoms with van der Waals surface area (Å²) < 4.78 is 5.62. The van der Waals surface area contributed by atoms with Gasteiger partial charge in [-0.15, -0.1) is 0 Å². The average Bonchev–Trinajstić information content (AvgIpc) is 2.18. The van der Waals surface area contributed by atoms with Gasteiger partial charge in [0.2, 0.25) is 0 Å². The lowest BCUT2D eigenvalue weighted by atomic mass is 10.0. The van der Waals surface area contributed by atoms with E-state index < -0.39 is 0 Å². The van der Waals surface area contributed by atoms with Crippen molar-refractivity contribution in [3.63, 3.8) is 0 Å². The van der Waals surface area contributed by atoms with Crippen LogP contribution in [0.4, 0.5) is 5.69 Å². The molecule has 1 aromatic rings. The molecule has 0 saturated carbocycles. The molecular formula is C11H12ClNO. The highest BCUT2D eigenvalue weighted by Crippen LogP contribution is 2.40. The molecule has 0 fully saturated rings. The molecule has 0 saturated heterocycles. The van der Waals surface area contributed by atoms with Crippen molar-refractivity contribution in [1.82, 2.24) is 0 Å². The second kappa shape index (κ2) is 3.06. The number of hydrogen-bond donors (Lipinski definition) is 0. The minimum Gasteiger partial charge on any atom is -0.490 e. The Hall–Kier alpha value is -0.890. The van der Waals surface area contributed by atoms with Gasteiger partial charge in [0, 0.05) is 17.6 Å². The number of benzene rings is 1. The summed E-state index contributed by atoms with van der Waals surface area (Å²) in [5.41, 5.74) is 2.63. The molecule has 0 bridgehead atoms. The number of halogens is 1. The normalized spacial score (nSPS) is 18.8. The molecular weight excluding hydrogens is 198 g/mol. The maximum absolute atomic E-state index is 6.03. The van der Waals surface area contributed by atoms with Gasteiger partial charge in [-0.1, -0.05) is 11.6 Å². The number of ether oxygens (including phenoxy) is 1. The Balaban J connectivity index is 2.20. The summed E-state index contributed by atoms with van der Waals surface area (Å²) in [6.07, 6.45) is 2.36. The fourth-order valence-corrected chi connectivity index (χ4v) is 2.58. The van der Waals surface area contributed by atoms with Gasteiger partial charge >= 0.3 is 0 Å². The number of aryl methyl sites for hydroxylation is 1. The van der Waals surface area contributed by atoms with E-state index in [1.54, 1.807) is 0 Å². The predicted octanol–water partition coefficient (Wildman–Crippen LogP) is 2.49. The smallest absolute Gasteiger partial charge is 0.144 e. The molecule has 14 heavy (non-hydrogen) atoms. The van der Waals surface area contributed by atoms with Crippen molar-refractivity contribution in [2.45, 2.75) is 12.8 Å². The van der Waals surface area contributed by atoms with Gasteiger partial charge in [0.15, 0.2) is 0 Å². The molecule has 0 aliphatic carbocycles. The second-order valence-corrected chi connectivity index (χ2v) is 4.29. The standard InChI is InChI=1S/C11H12ClNO/c12-9-6-8-2-1-3-13-4-5-14-10(7-9)11(8)13/h6-7H,1-5H2. The number of rotatable bonds is 0. The molecule has 0 aromatic heterocycles. The van der Waals surface area contributed by atoms with Crippen LogP contribution in [0.1, 0.15) is 12.0 Å². The molecule has 0 radical (unpaired) electrons. The molecule has 0 unspecified atom stereocenters. The van der Waals surface area contributed by atoms with Crippen LogP contribution in [0.5, 0.6) is 5.75 Å². The van der Waals surface area contributed by atoms with Crippen molar-refractivity contribution < 1.29 is 4.74 Å². The van der Waals surface area contributed by atoms with Crippen molar-refractivity contribution in [2.24, 2.45) is 0 Å². The van der Waals surface area contributed by atoms with E-state index in [1.165, 1.54) is 17.7 Å². The highest BCUT2D eigenvalue weighted by molar-refractivity contribution is 6.31. The molecule has 0 amide bonds. The molecule has 0 spiro atoms. The maximum atomic E-state index is 6.03. The minimum absolute atomic E-state index is 0.785. The van der Waals surface area contributed by atoms with Crippen molar-refractivity contribution in [1.29, 1.82) is 0 Å². The van der Waals surface area contributed by atoms with Crippen LogP contribution < -0.4 is 9.64 Å². The summed E-state index contributed by atoms with van der Waals surface area (Å²) in [5, 5.41) is 0.794. The first-order valence-electron chi connectivity index (χ1n) is 5.05. The SMILES string of the molecule is Clc1cc2c3c(c1)OCCN3CCC2. The van der Waals surface area contributed by atoms with Crippen LogP contribution in [-0.4, -0.2) is 19.7 Å². The molecule has 2 aliphatic rings. The highest BCUT2D eigenvalue weighted by Gasteiger charge is 2.24. The number of anilines is 1. The van der Waals surface area contributed by atoms with Gasteiger partial charge in [0.25, 0.3) is 0 Å². The van der Waals surface area contributed by atoms with Crippen molar-refractivity contribution >= 4 is 17.3 Å². The lowest BCUT2D eigenvalue weighted by Gasteiger charge is -2.36. The van der Waals surface area contributed by atoms with E-state index in [1.807, 2.05) is 6.07 Å². The molecule has 0 atom stereocenters. The third-order valence-corrected chi connectivity index (χ3v) is 3.15. The second-order valence-electron chi connectivity index (χ2n) is 3.85. The zero-order valence-electron chi connectivity index (χ0n) is 7.92. The Morgan fingerprint density at radius 2 is 2.21 bits per heavy atom. The van der Waals surface area contributed by atoms with Crippen LogP contribution in [0.2, 0.25) is 5.02 Å². The van der Waals surface area contributed by atoms with E-state index >= 15 is 0 Å². The van der Waals surface area contributed by atoms with E-state index in [0.717, 1.165) is 36.9 Å². The Morgan fingerprint density at radius 3 is 3.14 bits per heavy atom. The van der Waals surface area contributed by atoms with Crippen molar-refractivity contribution in [3.05, 3.63) is 22.7 Å². The van der Waals surface area contributed by atoms with E-state index in [-0.39, 0.29) is 0 Å². The monoisotopic (exact) mass is 209 g/mol. The summed E-state index contributed by atoms with van der Waals surface area (Å²) in [4.78, 5) is 2.41. The van der Waals surface area contributed by atoms with Crippen LogP contribution in [0, 0.1) is 0 Å². The Morgan fingerprint density at radius 1 is 1.29 bits per heavy atom. The molecule has 2 aliphatic heterocycles. The van der Waals surface area contributed by atoms with Gasteiger partial charge < -0.3 is 9.64 Å². The molecule has 2 heterocycles. The quantitative estimate of drug-likeness (QED) is 0.651. The summed E-state index contributed by atoms with van der Waals surface area (Å²) in [6, 6.07) is 4.00. The molecule has 1 aromatic carbocycles. The van der Waals surface area contributed by atoms with E-state index in [0.29, 0.717) is 0 Å². The minimum atomic E-state index is 0.785. The number of hydrogen-bond acceptors (Lipinski definition) is 2. The van der Waals surface area contributed by atoms with Crippen LogP contribution in [0.3, 0.4) is 0 Å². The first kappa shape index (κ1) is 8.42. The highest BCUT2D eigenvalue weighted by atomic mass is 35.5. The molecule has 3 heteroatoms. The number of nitrogens with zero attached hydrogens (tertiary/aromatic N) is 1. The van der Waals surface area contributed by atoms with Crippen molar-refractivity contribution in [3.8, 4) is 5.75 Å². The topological polar surface area (TPSA) is 12.5 Å². The third kappa shape index (κ3) is 1.17. The first-order chi connectivity index (χ1) is 6.84. The predicted molar refractivity (Wildman–Crippen MR) is 57.5 cm³/mol. The Bertz CT molecular complexity index is 347. The van der Waals surface area contributed by atoms with Gasteiger partial charge in [0.05, 0.1) is 12.2 Å². The summed E-state index contributed by atoms with van der Waals surface area (Å²) in [7, 11) is 0. The van der Waals surface area contributed by atoms with Crippen LogP contribution in [0.15, 0.2) is 12.1 Å². The largest absolute Gasteiger partial charge is 0.490 e. The van der Waals surface area contributed by atoms with E-state index in [4.69, 9.17) is 16.3 Å². The average molecular weight is 210 g/mol. The van der Waals surface area contributed by atoms with Gasteiger partial charge in [-0.05, 0) is 24.5 Å². The fourth-order valence-electron chi connectivity index (χ4n) is 2.35. The first-order valence-corrected chi connectivity index (χ1v) is 5.42. The molecule has 3 rings (SSSR count). The van der Waals surface area contributed by atoms with Gasteiger partial charge in [0.1, 0.15) is 12.4 Å². The lowest BCUT2D eigenvalue weighted by molar-refractivity contribution is 0.304. The fraction of sp³-hybridized carbons (Fsp3) is 0.455. The zero-order chi connectivity index (χ0) is 9.54. The maximum Gasteiger partial charge on any atom is 0.144 e. The summed E-state index contributed by atoms with van der Waals surface area (Å²) in [6.45, 7) is 2.96. The van der Waals surface area contributed by atoms with Crippen LogP contribution in [-0.2, 0) is 6.42 Å². The van der Waals surface area contributed by atoms with E-state index in [2.05, 4.69) is 11.0 Å². The lowest BCUT2D eigenvalue weighted by Crippen LogP contribution is -2.36. The van der Waals surface area contributed by atoms with Crippen LogP contribution in [0.25, 0.3) is 0 Å². The van der Waals surface area contributed by atoms with Crippen LogP contribution >= 0.6 is 11.6 Å². The summed E-state index contributed by atoms with van der Waals surface area (Å²) >= 11 is 6.03. The van der Waals surface area contributed by atoms with Gasteiger partial charge in [-0.2, -0.15) is 0 Å². The van der Waals surface area contributed by atoms with Gasteiger partial charge in [-0.3, -0.25) is 0 Å². The van der Waals surface area contributed by atoms with Crippen molar-refractivity contribution in [2.75, 3.05) is 24.6 Å². The molecule has 74 valence electrons. The zero-order valence-corrected chi connectivity index (χ0v) is 8.68. The Kier molecular flexibility index (Phi) is 1.84. The molecule has 2 nitrogen and oxygen atoms in total.